The average molecular weight is 422 g/mol. The number of nitrogens with two attached hydrogens (primary N) is 1. The van der Waals surface area contributed by atoms with Gasteiger partial charge in [-0.1, -0.05) is 58.5 Å². The van der Waals surface area contributed by atoms with E-state index in [1.54, 1.807) is 12.5 Å². The van der Waals surface area contributed by atoms with Gasteiger partial charge in [0.05, 0.1) is 0 Å². The van der Waals surface area contributed by atoms with Gasteiger partial charge in [-0.2, -0.15) is 0 Å². The first-order chi connectivity index (χ1) is 14.4. The van der Waals surface area contributed by atoms with Crippen molar-refractivity contribution in [2.75, 3.05) is 12.5 Å². The van der Waals surface area contributed by atoms with Crippen LogP contribution in [0.4, 0.5) is 0 Å². The van der Waals surface area contributed by atoms with E-state index in [1.807, 2.05) is 36.4 Å². The summed E-state index contributed by atoms with van der Waals surface area (Å²) >= 11 is 0. The molecule has 3 aromatic rings. The summed E-state index contributed by atoms with van der Waals surface area (Å²) in [5.74, 6) is 0.846. The average Bonchev–Trinajstić information content (AvgIpc) is 2.77. The predicted octanol–water partition coefficient (Wildman–Crippen LogP) is 5.09. The standard InChI is InChI=1S/C26H31NO2S/c1-30(2,29)25-8-4-7-22-16-23(13-14-24(22)25)26(28)20-11-9-19(10-12-20)21-6-3-5-18(15-21)17-27/h3-8,13-16,19-20,30H,9-12,17,27H2,1-2H3. The van der Waals surface area contributed by atoms with Crippen molar-refractivity contribution >= 4 is 26.5 Å². The molecule has 1 aliphatic rings. The normalized spacial score (nSPS) is 20.2. The van der Waals surface area contributed by atoms with Gasteiger partial charge in [0.25, 0.3) is 0 Å². The molecule has 3 nitrogen and oxygen atoms in total. The lowest BCUT2D eigenvalue weighted by molar-refractivity contribution is 0.0884. The third-order valence-corrected chi connectivity index (χ3v) is 8.03. The monoisotopic (exact) mass is 421 g/mol. The largest absolute Gasteiger partial charge is 0.326 e. The maximum absolute atomic E-state index is 13.2. The summed E-state index contributed by atoms with van der Waals surface area (Å²) in [6.07, 6.45) is 7.51. The van der Waals surface area contributed by atoms with Crippen LogP contribution >= 0.6 is 0 Å². The van der Waals surface area contributed by atoms with Gasteiger partial charge >= 0.3 is 0 Å². The second-order valence-electron chi connectivity index (χ2n) is 8.93. The van der Waals surface area contributed by atoms with E-state index in [9.17, 15) is 9.00 Å². The summed E-state index contributed by atoms with van der Waals surface area (Å²) in [6.45, 7) is 0.566. The Kier molecular flexibility index (Phi) is 5.90. The quantitative estimate of drug-likeness (QED) is 0.446. The highest BCUT2D eigenvalue weighted by molar-refractivity contribution is 8.02. The Hall–Kier alpha value is -2.30. The van der Waals surface area contributed by atoms with Crippen molar-refractivity contribution < 1.29 is 9.00 Å². The van der Waals surface area contributed by atoms with E-state index in [0.29, 0.717) is 12.5 Å². The molecule has 4 rings (SSSR count). The topological polar surface area (TPSA) is 60.2 Å². The van der Waals surface area contributed by atoms with Crippen LogP contribution in [0.2, 0.25) is 0 Å². The maximum Gasteiger partial charge on any atom is 0.165 e. The molecule has 0 bridgehead atoms. The molecule has 1 fully saturated rings. The van der Waals surface area contributed by atoms with Crippen LogP contribution in [0, 0.1) is 5.92 Å². The minimum Gasteiger partial charge on any atom is -0.326 e. The first-order valence-electron chi connectivity index (χ1n) is 10.8. The Morgan fingerprint density at radius 3 is 2.40 bits per heavy atom. The molecule has 0 unspecified atom stereocenters. The Bertz CT molecular complexity index is 1120. The summed E-state index contributed by atoms with van der Waals surface area (Å²) in [5, 5.41) is 1.99. The van der Waals surface area contributed by atoms with Gasteiger partial charge in [-0.3, -0.25) is 9.00 Å². The summed E-state index contributed by atoms with van der Waals surface area (Å²) in [5.41, 5.74) is 9.08. The highest BCUT2D eigenvalue weighted by Crippen LogP contribution is 2.38. The van der Waals surface area contributed by atoms with Crippen molar-refractivity contribution in [2.24, 2.45) is 11.7 Å². The lowest BCUT2D eigenvalue weighted by Gasteiger charge is -2.28. The van der Waals surface area contributed by atoms with Crippen LogP contribution in [0.25, 0.3) is 10.8 Å². The Morgan fingerprint density at radius 2 is 1.70 bits per heavy atom. The van der Waals surface area contributed by atoms with E-state index in [2.05, 4.69) is 24.3 Å². The van der Waals surface area contributed by atoms with Crippen LogP contribution < -0.4 is 5.73 Å². The zero-order valence-corrected chi connectivity index (χ0v) is 18.7. The summed E-state index contributed by atoms with van der Waals surface area (Å²) in [4.78, 5) is 14.1. The molecule has 0 amide bonds. The molecule has 0 saturated heterocycles. The first kappa shape index (κ1) is 21.0. The Morgan fingerprint density at radius 1 is 0.967 bits per heavy atom. The van der Waals surface area contributed by atoms with Crippen molar-refractivity contribution in [1.82, 2.24) is 0 Å². The van der Waals surface area contributed by atoms with Crippen molar-refractivity contribution in [3.05, 3.63) is 77.4 Å². The highest BCUT2D eigenvalue weighted by Gasteiger charge is 2.28. The molecule has 3 aromatic carbocycles. The fourth-order valence-electron chi connectivity index (χ4n) is 4.79. The van der Waals surface area contributed by atoms with E-state index in [0.717, 1.165) is 46.9 Å². The van der Waals surface area contributed by atoms with Crippen LogP contribution in [0.1, 0.15) is 53.1 Å². The number of thiol groups is 1. The van der Waals surface area contributed by atoms with Gasteiger partial charge in [-0.25, -0.2) is 0 Å². The van der Waals surface area contributed by atoms with Crippen molar-refractivity contribution in [2.45, 2.75) is 43.0 Å². The molecule has 158 valence electrons. The van der Waals surface area contributed by atoms with Gasteiger partial charge in [0, 0.05) is 22.9 Å². The summed E-state index contributed by atoms with van der Waals surface area (Å²) < 4.78 is 12.6. The van der Waals surface area contributed by atoms with Gasteiger partial charge in [0.2, 0.25) is 0 Å². The van der Waals surface area contributed by atoms with E-state index in [4.69, 9.17) is 5.73 Å². The molecule has 0 aliphatic heterocycles. The number of Topliss-reactive ketones (excluding diaryl/α,β-unsaturated/α-hetero) is 1. The summed E-state index contributed by atoms with van der Waals surface area (Å²) in [6, 6.07) is 20.3. The van der Waals surface area contributed by atoms with Gasteiger partial charge in [-0.15, -0.1) is 0 Å². The van der Waals surface area contributed by atoms with E-state index in [1.165, 1.54) is 11.1 Å². The molecule has 1 saturated carbocycles. The highest BCUT2D eigenvalue weighted by atomic mass is 32.2. The van der Waals surface area contributed by atoms with Crippen LogP contribution in [0.5, 0.6) is 0 Å². The molecule has 0 heterocycles. The number of carbonyl (C=O) groups excluding carboxylic acids is 1. The minimum absolute atomic E-state index is 0.0861. The van der Waals surface area contributed by atoms with Crippen LogP contribution in [-0.4, -0.2) is 22.5 Å². The second kappa shape index (κ2) is 8.44. The smallest absolute Gasteiger partial charge is 0.165 e. The third-order valence-electron chi connectivity index (χ3n) is 6.48. The molecule has 2 N–H and O–H groups in total. The first-order valence-corrected chi connectivity index (χ1v) is 13.4. The number of hydrogen-bond acceptors (Lipinski definition) is 3. The molecule has 1 aliphatic carbocycles. The molecule has 0 atom stereocenters. The fourth-order valence-corrected chi connectivity index (χ4v) is 6.02. The van der Waals surface area contributed by atoms with Gasteiger partial charge < -0.3 is 5.73 Å². The Balaban J connectivity index is 1.50. The number of rotatable bonds is 5. The molecule has 0 aromatic heterocycles. The molecule has 30 heavy (non-hydrogen) atoms. The van der Waals surface area contributed by atoms with Gasteiger partial charge in [0.15, 0.2) is 5.78 Å². The number of hydrogen-bond donors (Lipinski definition) is 2. The molecule has 0 radical (unpaired) electrons. The second-order valence-corrected chi connectivity index (χ2v) is 12.1. The number of carbonyl (C=O) groups is 1. The van der Waals surface area contributed by atoms with E-state index < -0.39 is 9.93 Å². The maximum atomic E-state index is 13.2. The minimum atomic E-state index is -2.36. The lowest BCUT2D eigenvalue weighted by atomic mass is 9.76. The number of benzene rings is 3. The Labute approximate surface area is 180 Å². The summed E-state index contributed by atoms with van der Waals surface area (Å²) in [7, 11) is -2.36. The van der Waals surface area contributed by atoms with Crippen LogP contribution in [0.3, 0.4) is 0 Å². The van der Waals surface area contributed by atoms with Crippen molar-refractivity contribution in [1.29, 1.82) is 0 Å². The zero-order chi connectivity index (χ0) is 21.3. The SMILES string of the molecule is C[SH](C)(=O)c1cccc2cc(C(=O)C3CCC(c4cccc(CN)c4)CC3)ccc12. The molecule has 0 spiro atoms. The van der Waals surface area contributed by atoms with E-state index in [-0.39, 0.29) is 11.7 Å². The number of ketones is 1. The van der Waals surface area contributed by atoms with Gasteiger partial charge in [-0.05, 0) is 78.1 Å². The number of fused-ring (bicyclic) bond motifs is 1. The fraction of sp³-hybridized carbons (Fsp3) is 0.346. The predicted molar refractivity (Wildman–Crippen MR) is 127 cm³/mol. The van der Waals surface area contributed by atoms with Gasteiger partial charge in [0.1, 0.15) is 0 Å². The van der Waals surface area contributed by atoms with Crippen LogP contribution in [-0.2, 0) is 16.5 Å². The molecule has 4 heteroatoms. The molecular formula is C26H31NO2S. The molecular weight excluding hydrogens is 390 g/mol. The van der Waals surface area contributed by atoms with Crippen LogP contribution in [0.15, 0.2) is 65.6 Å². The van der Waals surface area contributed by atoms with Crippen molar-refractivity contribution in [3.63, 3.8) is 0 Å². The third kappa shape index (κ3) is 4.26. The van der Waals surface area contributed by atoms with Crippen molar-refractivity contribution in [3.8, 4) is 0 Å². The van der Waals surface area contributed by atoms with E-state index >= 15 is 0 Å². The zero-order valence-electron chi connectivity index (χ0n) is 17.8. The lowest BCUT2D eigenvalue weighted by Crippen LogP contribution is -2.21.